The van der Waals surface area contributed by atoms with Gasteiger partial charge in [0.1, 0.15) is 5.70 Å². The monoisotopic (exact) mass is 441 g/mol. The zero-order valence-corrected chi connectivity index (χ0v) is 17.9. The van der Waals surface area contributed by atoms with Crippen molar-refractivity contribution in [2.24, 2.45) is 4.40 Å². The second-order valence-corrected chi connectivity index (χ2v) is 9.34. The van der Waals surface area contributed by atoms with E-state index in [4.69, 9.17) is 0 Å². The van der Waals surface area contributed by atoms with Gasteiger partial charge in [-0.25, -0.2) is 4.31 Å². The molecule has 0 saturated heterocycles. The third-order valence-corrected chi connectivity index (χ3v) is 6.73. The van der Waals surface area contributed by atoms with Crippen LogP contribution in [0, 0.1) is 6.92 Å². The number of benzene rings is 1. The second kappa shape index (κ2) is 7.88. The molecule has 1 aliphatic rings. The molecule has 1 amide bonds. The van der Waals surface area contributed by atoms with E-state index in [1.54, 1.807) is 29.1 Å². The number of likely N-dealkylation sites (N-methyl/N-ethyl adjacent to an activating group) is 1. The van der Waals surface area contributed by atoms with Gasteiger partial charge < -0.3 is 5.32 Å². The first-order valence-electron chi connectivity index (χ1n) is 9.06. The van der Waals surface area contributed by atoms with E-state index >= 15 is 0 Å². The third kappa shape index (κ3) is 4.19. The number of hydrogen-bond acceptors (Lipinski definition) is 5. The van der Waals surface area contributed by atoms with E-state index in [0.29, 0.717) is 17.2 Å². The number of anilines is 1. The number of carbonyl (C=O) groups excluding carboxylic acids is 1. The number of carbonyl (C=O) groups is 1. The number of nitrogens with zero attached hydrogens (tertiary/aromatic N) is 4. The van der Waals surface area contributed by atoms with Crippen LogP contribution in [0.15, 0.2) is 70.2 Å². The van der Waals surface area contributed by atoms with Crippen LogP contribution in [0.3, 0.4) is 0 Å². The van der Waals surface area contributed by atoms with Gasteiger partial charge in [0, 0.05) is 19.3 Å². The lowest BCUT2D eigenvalue weighted by Crippen LogP contribution is -2.35. The highest BCUT2D eigenvalue weighted by Crippen LogP contribution is 2.22. The summed E-state index contributed by atoms with van der Waals surface area (Å²) in [6.07, 6.45) is 3.22. The summed E-state index contributed by atoms with van der Waals surface area (Å²) in [5.41, 5.74) is 2.47. The Labute approximate surface area is 178 Å². The van der Waals surface area contributed by atoms with Crippen molar-refractivity contribution in [2.75, 3.05) is 12.4 Å². The standard InChI is InChI=1S/C20H19N5O3S2/c1-14-5-7-15(8-6-14)13-25-10-9-19(22-25)21-20(26)17-12-16(18-4-3-11-29-18)23-30(27,28)24(17)2/h3-12H,13H2,1-2H3,(H,21,22,26). The molecule has 1 N–H and O–H groups in total. The van der Waals surface area contributed by atoms with Gasteiger partial charge in [0.15, 0.2) is 5.82 Å². The average molecular weight is 442 g/mol. The van der Waals surface area contributed by atoms with Crippen LogP contribution in [0.25, 0.3) is 0 Å². The van der Waals surface area contributed by atoms with Crippen molar-refractivity contribution < 1.29 is 13.2 Å². The summed E-state index contributed by atoms with van der Waals surface area (Å²) in [6.45, 7) is 2.58. The lowest BCUT2D eigenvalue weighted by atomic mass is 10.1. The van der Waals surface area contributed by atoms with Gasteiger partial charge in [-0.2, -0.15) is 13.5 Å². The van der Waals surface area contributed by atoms with Crippen LogP contribution in [0.5, 0.6) is 0 Å². The lowest BCUT2D eigenvalue weighted by molar-refractivity contribution is -0.113. The van der Waals surface area contributed by atoms with Crippen LogP contribution in [-0.2, 0) is 21.5 Å². The minimum absolute atomic E-state index is 0.0264. The molecule has 0 atom stereocenters. The van der Waals surface area contributed by atoms with Gasteiger partial charge in [0.2, 0.25) is 0 Å². The van der Waals surface area contributed by atoms with E-state index in [2.05, 4.69) is 14.8 Å². The maximum atomic E-state index is 12.8. The lowest BCUT2D eigenvalue weighted by Gasteiger charge is -2.22. The zero-order valence-electron chi connectivity index (χ0n) is 16.3. The first kappa shape index (κ1) is 20.0. The van der Waals surface area contributed by atoms with Crippen LogP contribution in [0.4, 0.5) is 5.82 Å². The van der Waals surface area contributed by atoms with Gasteiger partial charge in [-0.1, -0.05) is 35.9 Å². The Morgan fingerprint density at radius 3 is 2.63 bits per heavy atom. The molecule has 0 unspecified atom stereocenters. The Morgan fingerprint density at radius 1 is 1.17 bits per heavy atom. The minimum Gasteiger partial charge on any atom is -0.304 e. The number of allylic oxidation sites excluding steroid dienone is 1. The SMILES string of the molecule is Cc1ccc(Cn2ccc(NC(=O)C3=CC(c4cccs4)=NS(=O)(=O)N3C)n2)cc1. The van der Waals surface area contributed by atoms with Crippen molar-refractivity contribution in [3.8, 4) is 0 Å². The van der Waals surface area contributed by atoms with Gasteiger partial charge >= 0.3 is 10.2 Å². The van der Waals surface area contributed by atoms with E-state index in [0.717, 1.165) is 9.87 Å². The molecule has 0 bridgehead atoms. The molecule has 0 fully saturated rings. The Hall–Kier alpha value is -3.24. The van der Waals surface area contributed by atoms with Crippen molar-refractivity contribution >= 4 is 39.0 Å². The molecule has 4 rings (SSSR count). The molecular weight excluding hydrogens is 422 g/mol. The quantitative estimate of drug-likeness (QED) is 0.658. The summed E-state index contributed by atoms with van der Waals surface area (Å²) in [5.74, 6) is -0.246. The normalized spacial score (nSPS) is 15.5. The van der Waals surface area contributed by atoms with Gasteiger partial charge in [-0.05, 0) is 30.0 Å². The molecule has 0 radical (unpaired) electrons. The number of aryl methyl sites for hydroxylation is 1. The zero-order chi connectivity index (χ0) is 21.3. The number of rotatable bonds is 5. The summed E-state index contributed by atoms with van der Waals surface area (Å²) >= 11 is 1.35. The Morgan fingerprint density at radius 2 is 1.93 bits per heavy atom. The molecule has 3 heterocycles. The highest BCUT2D eigenvalue weighted by atomic mass is 32.2. The van der Waals surface area contributed by atoms with Crippen molar-refractivity contribution in [2.45, 2.75) is 13.5 Å². The molecule has 154 valence electrons. The molecule has 0 spiro atoms. The smallest absolute Gasteiger partial charge is 0.304 e. The molecule has 1 aliphatic heterocycles. The van der Waals surface area contributed by atoms with Gasteiger partial charge in [-0.15, -0.1) is 15.7 Å². The first-order valence-corrected chi connectivity index (χ1v) is 11.3. The summed E-state index contributed by atoms with van der Waals surface area (Å²) in [4.78, 5) is 13.5. The number of aromatic nitrogens is 2. The van der Waals surface area contributed by atoms with Crippen molar-refractivity contribution in [3.05, 3.63) is 81.8 Å². The Balaban J connectivity index is 1.52. The topological polar surface area (TPSA) is 96.7 Å². The summed E-state index contributed by atoms with van der Waals surface area (Å²) in [6, 6.07) is 13.3. The van der Waals surface area contributed by atoms with Crippen molar-refractivity contribution in [1.82, 2.24) is 14.1 Å². The van der Waals surface area contributed by atoms with Crippen LogP contribution in [-0.4, -0.2) is 41.2 Å². The fourth-order valence-electron chi connectivity index (χ4n) is 2.88. The van der Waals surface area contributed by atoms with Gasteiger partial charge in [0.05, 0.1) is 17.1 Å². The predicted molar refractivity (Wildman–Crippen MR) is 117 cm³/mol. The molecule has 3 aromatic rings. The highest BCUT2D eigenvalue weighted by molar-refractivity contribution is 7.88. The van der Waals surface area contributed by atoms with Gasteiger partial charge in [0.25, 0.3) is 5.91 Å². The number of amides is 1. The van der Waals surface area contributed by atoms with Crippen LogP contribution >= 0.6 is 11.3 Å². The summed E-state index contributed by atoms with van der Waals surface area (Å²) in [5, 5.41) is 8.84. The van der Waals surface area contributed by atoms with E-state index in [-0.39, 0.29) is 11.4 Å². The maximum Gasteiger partial charge on any atom is 0.345 e. The summed E-state index contributed by atoms with van der Waals surface area (Å²) in [7, 11) is -2.69. The molecule has 0 saturated carbocycles. The summed E-state index contributed by atoms with van der Waals surface area (Å²) < 4.78 is 31.1. The molecular formula is C20H19N5O3S2. The molecule has 0 aliphatic carbocycles. The van der Waals surface area contributed by atoms with Crippen molar-refractivity contribution in [3.63, 3.8) is 0 Å². The number of hydrogen-bond donors (Lipinski definition) is 1. The van der Waals surface area contributed by atoms with Crippen LogP contribution < -0.4 is 5.32 Å². The first-order chi connectivity index (χ1) is 14.3. The van der Waals surface area contributed by atoms with Crippen molar-refractivity contribution in [1.29, 1.82) is 0 Å². The highest BCUT2D eigenvalue weighted by Gasteiger charge is 2.30. The fraction of sp³-hybridized carbons (Fsp3) is 0.150. The van der Waals surface area contributed by atoms with E-state index in [1.165, 1.54) is 30.0 Å². The fourth-order valence-corrected chi connectivity index (χ4v) is 4.53. The van der Waals surface area contributed by atoms with E-state index < -0.39 is 16.1 Å². The maximum absolute atomic E-state index is 12.8. The number of thiophene rings is 1. The molecule has 1 aromatic carbocycles. The molecule has 2 aromatic heterocycles. The van der Waals surface area contributed by atoms with Gasteiger partial charge in [-0.3, -0.25) is 9.48 Å². The van der Waals surface area contributed by atoms with E-state index in [9.17, 15) is 13.2 Å². The number of nitrogens with one attached hydrogen (secondary N) is 1. The minimum atomic E-state index is -3.99. The molecule has 30 heavy (non-hydrogen) atoms. The van der Waals surface area contributed by atoms with Crippen LogP contribution in [0.1, 0.15) is 16.0 Å². The molecule has 8 nitrogen and oxygen atoms in total. The van der Waals surface area contributed by atoms with Crippen LogP contribution in [0.2, 0.25) is 0 Å². The Bertz CT molecular complexity index is 1240. The second-order valence-electron chi connectivity index (χ2n) is 6.77. The third-order valence-electron chi connectivity index (χ3n) is 4.53. The average Bonchev–Trinajstić information content (AvgIpc) is 3.38. The molecule has 10 heteroatoms. The Kier molecular flexibility index (Phi) is 5.27. The largest absolute Gasteiger partial charge is 0.345 e. The predicted octanol–water partition coefficient (Wildman–Crippen LogP) is 2.80. The van der Waals surface area contributed by atoms with E-state index in [1.807, 2.05) is 36.6 Å².